The molecule has 1 aromatic heterocycles. The molecule has 1 atom stereocenters. The molecule has 106 valence electrons. The van der Waals surface area contributed by atoms with Crippen LogP contribution in [0.3, 0.4) is 0 Å². The molecule has 2 aromatic rings. The van der Waals surface area contributed by atoms with E-state index >= 15 is 0 Å². The van der Waals surface area contributed by atoms with Crippen LogP contribution in [0.1, 0.15) is 11.6 Å². The fraction of sp³-hybridized carbons (Fsp3) is 0.400. The number of nitrogens with one attached hydrogen (secondary N) is 3. The van der Waals surface area contributed by atoms with Gasteiger partial charge < -0.3 is 20.4 Å². The van der Waals surface area contributed by atoms with Crippen LogP contribution in [-0.2, 0) is 4.74 Å². The van der Waals surface area contributed by atoms with E-state index < -0.39 is 0 Å². The molecule has 2 heterocycles. The van der Waals surface area contributed by atoms with Crippen LogP contribution in [-0.4, -0.2) is 44.2 Å². The standard InChI is InChI=1S/C15H20N4O/c1-20-9-8-18-15-14(16-6-7-17-15)12-10-19-13-5-3-2-4-11(12)13/h2-5,10,14,16,19H,6-9H2,1H3,(H,17,18). The van der Waals surface area contributed by atoms with Gasteiger partial charge in [-0.15, -0.1) is 0 Å². The quantitative estimate of drug-likeness (QED) is 0.738. The maximum absolute atomic E-state index is 5.08. The Morgan fingerprint density at radius 3 is 3.20 bits per heavy atom. The molecule has 5 heteroatoms. The number of rotatable bonds is 4. The van der Waals surface area contributed by atoms with Crippen molar-refractivity contribution in [2.24, 2.45) is 4.99 Å². The van der Waals surface area contributed by atoms with E-state index in [1.54, 1.807) is 7.11 Å². The van der Waals surface area contributed by atoms with Crippen LogP contribution >= 0.6 is 0 Å². The zero-order valence-electron chi connectivity index (χ0n) is 11.6. The molecule has 20 heavy (non-hydrogen) atoms. The van der Waals surface area contributed by atoms with E-state index in [0.717, 1.165) is 31.0 Å². The molecule has 0 bridgehead atoms. The molecule has 0 saturated carbocycles. The molecule has 0 saturated heterocycles. The lowest BCUT2D eigenvalue weighted by atomic mass is 10.0. The number of amidine groups is 1. The fourth-order valence-corrected chi connectivity index (χ4v) is 2.60. The number of ether oxygens (including phenoxy) is 1. The zero-order valence-corrected chi connectivity index (χ0v) is 11.6. The van der Waals surface area contributed by atoms with Crippen molar-refractivity contribution in [3.8, 4) is 0 Å². The van der Waals surface area contributed by atoms with Gasteiger partial charge in [-0.3, -0.25) is 4.99 Å². The van der Waals surface area contributed by atoms with Gasteiger partial charge in [0, 0.05) is 42.9 Å². The van der Waals surface area contributed by atoms with E-state index in [0.29, 0.717) is 6.61 Å². The average molecular weight is 272 g/mol. The molecular formula is C15H20N4O. The topological polar surface area (TPSA) is 61.4 Å². The van der Waals surface area contributed by atoms with E-state index in [2.05, 4.69) is 45.0 Å². The van der Waals surface area contributed by atoms with Crippen LogP contribution in [0.4, 0.5) is 0 Å². The Balaban J connectivity index is 1.87. The van der Waals surface area contributed by atoms with Crippen molar-refractivity contribution in [2.75, 3.05) is 33.4 Å². The molecule has 0 amide bonds. The third-order valence-electron chi connectivity index (χ3n) is 3.56. The normalized spacial score (nSPS) is 19.1. The van der Waals surface area contributed by atoms with Crippen LogP contribution in [0, 0.1) is 0 Å². The maximum Gasteiger partial charge on any atom is 0.118 e. The average Bonchev–Trinajstić information content (AvgIpc) is 2.92. The Kier molecular flexibility index (Phi) is 3.99. The molecular weight excluding hydrogens is 252 g/mol. The number of benzene rings is 1. The van der Waals surface area contributed by atoms with Gasteiger partial charge in [0.1, 0.15) is 5.84 Å². The summed E-state index contributed by atoms with van der Waals surface area (Å²) in [5.41, 5.74) is 2.40. The summed E-state index contributed by atoms with van der Waals surface area (Å²) in [6, 6.07) is 8.47. The second kappa shape index (κ2) is 6.07. The molecule has 5 nitrogen and oxygen atoms in total. The van der Waals surface area contributed by atoms with Crippen molar-refractivity contribution >= 4 is 16.7 Å². The number of nitrogens with zero attached hydrogens (tertiary/aromatic N) is 1. The molecule has 0 radical (unpaired) electrons. The minimum Gasteiger partial charge on any atom is -0.383 e. The van der Waals surface area contributed by atoms with Gasteiger partial charge in [0.05, 0.1) is 19.2 Å². The summed E-state index contributed by atoms with van der Waals surface area (Å²) in [7, 11) is 1.71. The predicted molar refractivity (Wildman–Crippen MR) is 81.2 cm³/mol. The van der Waals surface area contributed by atoms with E-state index in [9.17, 15) is 0 Å². The van der Waals surface area contributed by atoms with Crippen LogP contribution in [0.15, 0.2) is 35.5 Å². The lowest BCUT2D eigenvalue weighted by Gasteiger charge is -2.25. The number of aliphatic imine (C=N–C) groups is 1. The van der Waals surface area contributed by atoms with Gasteiger partial charge in [-0.1, -0.05) is 18.2 Å². The van der Waals surface area contributed by atoms with Crippen LogP contribution in [0.2, 0.25) is 0 Å². The van der Waals surface area contributed by atoms with E-state index in [1.165, 1.54) is 10.9 Å². The molecule has 0 spiro atoms. The van der Waals surface area contributed by atoms with Crippen molar-refractivity contribution < 1.29 is 4.74 Å². The predicted octanol–water partition coefficient (Wildman–Crippen LogP) is 1.45. The van der Waals surface area contributed by atoms with Crippen LogP contribution < -0.4 is 10.6 Å². The third kappa shape index (κ3) is 2.55. The van der Waals surface area contributed by atoms with Crippen molar-refractivity contribution in [1.82, 2.24) is 15.6 Å². The zero-order chi connectivity index (χ0) is 13.8. The summed E-state index contributed by atoms with van der Waals surface area (Å²) < 4.78 is 5.08. The highest BCUT2D eigenvalue weighted by Crippen LogP contribution is 2.25. The Morgan fingerprint density at radius 1 is 1.40 bits per heavy atom. The number of H-pyrrole nitrogens is 1. The summed E-state index contributed by atoms with van der Waals surface area (Å²) in [6.45, 7) is 3.17. The Bertz CT molecular complexity index is 605. The van der Waals surface area contributed by atoms with Gasteiger partial charge >= 0.3 is 0 Å². The summed E-state index contributed by atoms with van der Waals surface area (Å²) in [5, 5.41) is 8.15. The molecule has 0 aliphatic carbocycles. The Morgan fingerprint density at radius 2 is 2.30 bits per heavy atom. The first kappa shape index (κ1) is 13.1. The lowest BCUT2D eigenvalue weighted by molar-refractivity contribution is 0.203. The van der Waals surface area contributed by atoms with Gasteiger partial charge in [0.25, 0.3) is 0 Å². The molecule has 0 fully saturated rings. The molecule has 1 aliphatic rings. The molecule has 1 aromatic carbocycles. The van der Waals surface area contributed by atoms with Crippen molar-refractivity contribution in [1.29, 1.82) is 0 Å². The molecule has 1 unspecified atom stereocenters. The summed E-state index contributed by atoms with van der Waals surface area (Å²) in [6.07, 6.45) is 2.07. The van der Waals surface area contributed by atoms with Gasteiger partial charge in [-0.2, -0.15) is 0 Å². The first-order valence-corrected chi connectivity index (χ1v) is 6.96. The first-order valence-electron chi connectivity index (χ1n) is 6.96. The van der Waals surface area contributed by atoms with Gasteiger partial charge in [0.15, 0.2) is 0 Å². The van der Waals surface area contributed by atoms with E-state index in [-0.39, 0.29) is 6.04 Å². The van der Waals surface area contributed by atoms with Crippen molar-refractivity contribution in [2.45, 2.75) is 6.04 Å². The highest BCUT2D eigenvalue weighted by molar-refractivity contribution is 5.94. The number of fused-ring (bicyclic) bond motifs is 1. The van der Waals surface area contributed by atoms with Crippen LogP contribution in [0.25, 0.3) is 10.9 Å². The number of aromatic nitrogens is 1. The summed E-state index contributed by atoms with van der Waals surface area (Å²) in [5.74, 6) is 0.998. The maximum atomic E-state index is 5.08. The second-order valence-electron chi connectivity index (χ2n) is 4.86. The largest absolute Gasteiger partial charge is 0.383 e. The number of methoxy groups -OCH3 is 1. The SMILES string of the molecule is COCCNC1=NCCNC1c1c[nH]c2ccccc12. The Hall–Kier alpha value is -1.85. The molecule has 3 N–H and O–H groups in total. The van der Waals surface area contributed by atoms with Crippen molar-refractivity contribution in [3.05, 3.63) is 36.0 Å². The summed E-state index contributed by atoms with van der Waals surface area (Å²) >= 11 is 0. The fourth-order valence-electron chi connectivity index (χ4n) is 2.60. The first-order chi connectivity index (χ1) is 9.90. The molecule has 3 rings (SSSR count). The smallest absolute Gasteiger partial charge is 0.118 e. The second-order valence-corrected chi connectivity index (χ2v) is 4.86. The van der Waals surface area contributed by atoms with Gasteiger partial charge in [-0.05, 0) is 6.07 Å². The number of hydrogen-bond donors (Lipinski definition) is 3. The van der Waals surface area contributed by atoms with Gasteiger partial charge in [0.2, 0.25) is 0 Å². The minimum absolute atomic E-state index is 0.122. The number of hydrogen-bond acceptors (Lipinski definition) is 4. The molecule has 1 aliphatic heterocycles. The Labute approximate surface area is 118 Å². The number of para-hydroxylation sites is 1. The minimum atomic E-state index is 0.122. The number of aromatic amines is 1. The lowest BCUT2D eigenvalue weighted by Crippen LogP contribution is -2.43. The monoisotopic (exact) mass is 272 g/mol. The van der Waals surface area contributed by atoms with Crippen molar-refractivity contribution in [3.63, 3.8) is 0 Å². The van der Waals surface area contributed by atoms with Gasteiger partial charge in [-0.25, -0.2) is 0 Å². The van der Waals surface area contributed by atoms with E-state index in [1.807, 2.05) is 6.07 Å². The summed E-state index contributed by atoms with van der Waals surface area (Å²) in [4.78, 5) is 7.94. The highest BCUT2D eigenvalue weighted by atomic mass is 16.5. The van der Waals surface area contributed by atoms with Crippen LogP contribution in [0.5, 0.6) is 0 Å². The van der Waals surface area contributed by atoms with E-state index in [4.69, 9.17) is 4.74 Å². The third-order valence-corrected chi connectivity index (χ3v) is 3.56. The highest BCUT2D eigenvalue weighted by Gasteiger charge is 2.23.